The van der Waals surface area contributed by atoms with Gasteiger partial charge in [-0.15, -0.1) is 0 Å². The molecule has 1 aromatic heterocycles. The van der Waals surface area contributed by atoms with Gasteiger partial charge >= 0.3 is 0 Å². The molecule has 1 aromatic rings. The molecule has 62 valence electrons. The number of nitrogens with one attached hydrogen (secondary N) is 1. The Labute approximate surface area is 67.3 Å². The number of aryl methyl sites for hydroxylation is 1. The van der Waals surface area contributed by atoms with Gasteiger partial charge in [-0.25, -0.2) is 0 Å². The molecule has 2 nitrogen and oxygen atoms in total. The molecule has 0 aromatic carbocycles. The Morgan fingerprint density at radius 1 is 1.55 bits per heavy atom. The number of aromatic nitrogens is 1. The number of hydrogen-bond acceptors (Lipinski definition) is 1. The Bertz CT molecular complexity index is 238. The maximum Gasteiger partial charge on any atom is 0.0699 e. The predicted molar refractivity (Wildman–Crippen MR) is 45.5 cm³/mol. The highest BCUT2D eigenvalue weighted by molar-refractivity contribution is 5.25. The number of aromatic amines is 1. The molecule has 0 atom stereocenters. The average molecular weight is 153 g/mol. The van der Waals surface area contributed by atoms with E-state index in [0.717, 1.165) is 11.3 Å². The molecule has 0 aliphatic heterocycles. The van der Waals surface area contributed by atoms with E-state index < -0.39 is 0 Å². The van der Waals surface area contributed by atoms with Gasteiger partial charge in [0.2, 0.25) is 0 Å². The fraction of sp³-hybridized carbons (Fsp3) is 0.556. The Balaban J connectivity index is 2.95. The average Bonchev–Trinajstić information content (AvgIpc) is 2.31. The highest BCUT2D eigenvalue weighted by atomic mass is 16.3. The van der Waals surface area contributed by atoms with Crippen LogP contribution in [0, 0.1) is 6.92 Å². The van der Waals surface area contributed by atoms with Gasteiger partial charge in [-0.05, 0) is 24.5 Å². The minimum Gasteiger partial charge on any atom is -0.392 e. The zero-order chi connectivity index (χ0) is 8.43. The highest BCUT2D eigenvalue weighted by Crippen LogP contribution is 2.17. The van der Waals surface area contributed by atoms with Crippen LogP contribution in [-0.4, -0.2) is 10.1 Å². The molecule has 0 unspecified atom stereocenters. The van der Waals surface area contributed by atoms with Gasteiger partial charge in [-0.1, -0.05) is 13.8 Å². The molecule has 0 fully saturated rings. The Morgan fingerprint density at radius 2 is 2.18 bits per heavy atom. The molecule has 0 saturated heterocycles. The summed E-state index contributed by atoms with van der Waals surface area (Å²) in [7, 11) is 0. The van der Waals surface area contributed by atoms with E-state index in [-0.39, 0.29) is 6.61 Å². The van der Waals surface area contributed by atoms with Crippen LogP contribution >= 0.6 is 0 Å². The first kappa shape index (κ1) is 8.34. The fourth-order valence-corrected chi connectivity index (χ4v) is 1.10. The predicted octanol–water partition coefficient (Wildman–Crippen LogP) is 1.94. The zero-order valence-electron chi connectivity index (χ0n) is 7.31. The molecular weight excluding hydrogens is 138 g/mol. The summed E-state index contributed by atoms with van der Waals surface area (Å²) in [6.07, 6.45) is 0. The number of hydrogen-bond donors (Lipinski definition) is 2. The summed E-state index contributed by atoms with van der Waals surface area (Å²) in [5.41, 5.74) is 3.29. The van der Waals surface area contributed by atoms with Crippen molar-refractivity contribution in [3.63, 3.8) is 0 Å². The summed E-state index contributed by atoms with van der Waals surface area (Å²) in [4.78, 5) is 3.24. The van der Waals surface area contributed by atoms with Gasteiger partial charge in [0.05, 0.1) is 6.61 Å². The van der Waals surface area contributed by atoms with E-state index >= 15 is 0 Å². The lowest BCUT2D eigenvalue weighted by Gasteiger charge is -1.98. The third-order valence-corrected chi connectivity index (χ3v) is 1.94. The molecule has 2 N–H and O–H groups in total. The molecule has 2 heteroatoms. The summed E-state index contributed by atoms with van der Waals surface area (Å²) in [6, 6.07) is 2.03. The van der Waals surface area contributed by atoms with E-state index in [0.29, 0.717) is 5.92 Å². The minimum absolute atomic E-state index is 0.134. The second kappa shape index (κ2) is 3.09. The Hall–Kier alpha value is -0.760. The van der Waals surface area contributed by atoms with E-state index in [2.05, 4.69) is 18.8 Å². The third kappa shape index (κ3) is 1.63. The van der Waals surface area contributed by atoms with Crippen LogP contribution in [0.25, 0.3) is 0 Å². The summed E-state index contributed by atoms with van der Waals surface area (Å²) in [6.45, 7) is 6.38. The lowest BCUT2D eigenvalue weighted by molar-refractivity contribution is 0.281. The van der Waals surface area contributed by atoms with Gasteiger partial charge in [0.15, 0.2) is 0 Å². The standard InChI is InChI=1S/C9H15NO/c1-6(2)9-4-8(5-11)7(3)10-9/h4,6,10-11H,5H2,1-3H3. The molecule has 0 aliphatic rings. The molecule has 11 heavy (non-hydrogen) atoms. The first-order valence-corrected chi connectivity index (χ1v) is 3.94. The maximum atomic E-state index is 8.89. The van der Waals surface area contributed by atoms with Crippen molar-refractivity contribution in [3.8, 4) is 0 Å². The monoisotopic (exact) mass is 153 g/mol. The molecule has 1 rings (SSSR count). The second-order valence-electron chi connectivity index (χ2n) is 3.19. The van der Waals surface area contributed by atoms with Gasteiger partial charge in [0.25, 0.3) is 0 Å². The highest BCUT2D eigenvalue weighted by Gasteiger charge is 2.05. The van der Waals surface area contributed by atoms with E-state index in [4.69, 9.17) is 5.11 Å². The number of aliphatic hydroxyl groups excluding tert-OH is 1. The van der Waals surface area contributed by atoms with Crippen molar-refractivity contribution >= 4 is 0 Å². The molecule has 0 bridgehead atoms. The van der Waals surface area contributed by atoms with Crippen molar-refractivity contribution in [1.29, 1.82) is 0 Å². The van der Waals surface area contributed by atoms with Gasteiger partial charge in [-0.3, -0.25) is 0 Å². The SMILES string of the molecule is Cc1[nH]c(C(C)C)cc1CO. The molecule has 0 aliphatic carbocycles. The van der Waals surface area contributed by atoms with Gasteiger partial charge in [-0.2, -0.15) is 0 Å². The first-order valence-electron chi connectivity index (χ1n) is 3.94. The third-order valence-electron chi connectivity index (χ3n) is 1.94. The molecule has 0 spiro atoms. The smallest absolute Gasteiger partial charge is 0.0699 e. The van der Waals surface area contributed by atoms with E-state index in [1.165, 1.54) is 5.69 Å². The van der Waals surface area contributed by atoms with Crippen LogP contribution in [-0.2, 0) is 6.61 Å². The van der Waals surface area contributed by atoms with Crippen molar-refractivity contribution in [2.75, 3.05) is 0 Å². The van der Waals surface area contributed by atoms with Crippen molar-refractivity contribution < 1.29 is 5.11 Å². The van der Waals surface area contributed by atoms with Crippen molar-refractivity contribution in [2.24, 2.45) is 0 Å². The lowest BCUT2D eigenvalue weighted by Crippen LogP contribution is -1.85. The van der Waals surface area contributed by atoms with E-state index in [1.807, 2.05) is 13.0 Å². The van der Waals surface area contributed by atoms with Crippen LogP contribution in [0.2, 0.25) is 0 Å². The van der Waals surface area contributed by atoms with E-state index in [1.54, 1.807) is 0 Å². The molecular formula is C9H15NO. The van der Waals surface area contributed by atoms with Crippen LogP contribution in [0.1, 0.15) is 36.7 Å². The van der Waals surface area contributed by atoms with Crippen LogP contribution in [0.3, 0.4) is 0 Å². The van der Waals surface area contributed by atoms with Crippen LogP contribution in [0.5, 0.6) is 0 Å². The van der Waals surface area contributed by atoms with Gasteiger partial charge in [0.1, 0.15) is 0 Å². The van der Waals surface area contributed by atoms with E-state index in [9.17, 15) is 0 Å². The molecule has 0 saturated carbocycles. The second-order valence-corrected chi connectivity index (χ2v) is 3.19. The summed E-state index contributed by atoms with van der Waals surface area (Å²) < 4.78 is 0. The number of H-pyrrole nitrogens is 1. The minimum atomic E-state index is 0.134. The Kier molecular flexibility index (Phi) is 2.35. The fourth-order valence-electron chi connectivity index (χ4n) is 1.10. The first-order chi connectivity index (χ1) is 5.15. The maximum absolute atomic E-state index is 8.89. The Morgan fingerprint density at radius 3 is 2.45 bits per heavy atom. The van der Waals surface area contributed by atoms with Crippen LogP contribution in [0.4, 0.5) is 0 Å². The van der Waals surface area contributed by atoms with Crippen molar-refractivity contribution in [2.45, 2.75) is 33.3 Å². The van der Waals surface area contributed by atoms with Crippen LogP contribution < -0.4 is 0 Å². The summed E-state index contributed by atoms with van der Waals surface area (Å²) in [5, 5.41) is 8.89. The van der Waals surface area contributed by atoms with Crippen molar-refractivity contribution in [1.82, 2.24) is 4.98 Å². The number of rotatable bonds is 2. The topological polar surface area (TPSA) is 36.0 Å². The normalized spacial score (nSPS) is 11.0. The quantitative estimate of drug-likeness (QED) is 0.669. The van der Waals surface area contributed by atoms with Crippen LogP contribution in [0.15, 0.2) is 6.07 Å². The number of aliphatic hydroxyl groups is 1. The van der Waals surface area contributed by atoms with Crippen molar-refractivity contribution in [3.05, 3.63) is 23.0 Å². The molecule has 0 radical (unpaired) electrons. The van der Waals surface area contributed by atoms with Gasteiger partial charge in [0, 0.05) is 11.4 Å². The lowest BCUT2D eigenvalue weighted by atomic mass is 10.1. The van der Waals surface area contributed by atoms with Gasteiger partial charge < -0.3 is 10.1 Å². The largest absolute Gasteiger partial charge is 0.392 e. The molecule has 0 amide bonds. The summed E-state index contributed by atoms with van der Waals surface area (Å²) >= 11 is 0. The summed E-state index contributed by atoms with van der Waals surface area (Å²) in [5.74, 6) is 0.508. The zero-order valence-corrected chi connectivity index (χ0v) is 7.31. The molecule has 1 heterocycles.